The number of H-pyrrole nitrogens is 1. The van der Waals surface area contributed by atoms with Crippen LogP contribution in [0.1, 0.15) is 55.7 Å². The lowest BCUT2D eigenvalue weighted by atomic mass is 9.78. The third-order valence-corrected chi connectivity index (χ3v) is 7.83. The number of nitrogens with zero attached hydrogens (tertiary/aromatic N) is 3. The zero-order valence-electron chi connectivity index (χ0n) is 16.4. The fourth-order valence-corrected chi connectivity index (χ4v) is 5.92. The molecule has 150 valence electrons. The lowest BCUT2D eigenvalue weighted by Crippen LogP contribution is -2.38. The lowest BCUT2D eigenvalue weighted by Gasteiger charge is -2.37. The minimum absolute atomic E-state index is 0.00392. The van der Waals surface area contributed by atoms with E-state index in [0.29, 0.717) is 38.9 Å². The van der Waals surface area contributed by atoms with Crippen molar-refractivity contribution in [2.45, 2.75) is 51.4 Å². The molecule has 9 heteroatoms. The molecule has 29 heavy (non-hydrogen) atoms. The van der Waals surface area contributed by atoms with Crippen LogP contribution in [0.3, 0.4) is 0 Å². The van der Waals surface area contributed by atoms with Crippen molar-refractivity contribution < 1.29 is 4.79 Å². The molecule has 4 rings (SSSR count). The Hall–Kier alpha value is -2.28. The number of thiophene rings is 1. The fourth-order valence-electron chi connectivity index (χ4n) is 3.82. The monoisotopic (exact) mass is 443 g/mol. The number of hydrogen-bond donors (Lipinski definition) is 2. The Morgan fingerprint density at radius 1 is 1.34 bits per heavy atom. The van der Waals surface area contributed by atoms with Crippen molar-refractivity contribution in [3.8, 4) is 6.07 Å². The number of aromatic amines is 1. The standard InChI is InChI=1S/C20H21N5OS3/c1-20(2,3)14-8-7-13(28-14)15-10(9-21)17(22)25(18-23-24-19(27)29-18)11-5-4-6-12(26)16(11)15/h7-8,15H,4-6,22H2,1-3H3,(H,24,27). The van der Waals surface area contributed by atoms with Gasteiger partial charge in [-0.25, -0.2) is 0 Å². The molecule has 0 amide bonds. The molecule has 0 radical (unpaired) electrons. The molecule has 1 atom stereocenters. The van der Waals surface area contributed by atoms with Crippen LogP contribution < -0.4 is 10.6 Å². The highest BCUT2D eigenvalue weighted by Gasteiger charge is 2.41. The maximum atomic E-state index is 13.1. The van der Waals surface area contributed by atoms with Gasteiger partial charge in [-0.3, -0.25) is 14.8 Å². The molecule has 3 N–H and O–H groups in total. The van der Waals surface area contributed by atoms with Gasteiger partial charge in [-0.1, -0.05) is 32.1 Å². The van der Waals surface area contributed by atoms with Crippen LogP contribution in [0.2, 0.25) is 0 Å². The van der Waals surface area contributed by atoms with E-state index in [4.69, 9.17) is 18.0 Å². The number of carbonyl (C=O) groups is 1. The average Bonchev–Trinajstić information content (AvgIpc) is 3.30. The molecule has 3 heterocycles. The number of anilines is 1. The largest absolute Gasteiger partial charge is 0.384 e. The Morgan fingerprint density at radius 2 is 2.10 bits per heavy atom. The highest BCUT2D eigenvalue weighted by Crippen LogP contribution is 2.48. The molecule has 1 aliphatic carbocycles. The highest BCUT2D eigenvalue weighted by molar-refractivity contribution is 7.73. The molecule has 0 bridgehead atoms. The van der Waals surface area contributed by atoms with Crippen LogP contribution in [0.15, 0.2) is 34.8 Å². The molecule has 0 aromatic carbocycles. The van der Waals surface area contributed by atoms with E-state index in [-0.39, 0.29) is 11.2 Å². The minimum atomic E-state index is -0.424. The van der Waals surface area contributed by atoms with Gasteiger partial charge in [0.25, 0.3) is 0 Å². The summed E-state index contributed by atoms with van der Waals surface area (Å²) in [6.07, 6.45) is 1.94. The Morgan fingerprint density at radius 3 is 2.69 bits per heavy atom. The number of nitrogens with one attached hydrogen (secondary N) is 1. The van der Waals surface area contributed by atoms with E-state index in [0.717, 1.165) is 17.0 Å². The molecule has 2 aromatic heterocycles. The summed E-state index contributed by atoms with van der Waals surface area (Å²) in [5.41, 5.74) is 8.41. The zero-order chi connectivity index (χ0) is 20.9. The topological polar surface area (TPSA) is 98.8 Å². The number of Topliss-reactive ketones (excluding diaryl/α,β-unsaturated/α-hetero) is 1. The second kappa shape index (κ2) is 7.20. The predicted octanol–water partition coefficient (Wildman–Crippen LogP) is 4.86. The molecule has 0 fully saturated rings. The second-order valence-corrected chi connectivity index (χ2v) is 10.9. The van der Waals surface area contributed by atoms with Crippen LogP contribution in [0.4, 0.5) is 5.13 Å². The van der Waals surface area contributed by atoms with Crippen molar-refractivity contribution in [3.05, 3.63) is 48.5 Å². The maximum Gasteiger partial charge on any atom is 0.216 e. The third-order valence-electron chi connectivity index (χ3n) is 5.18. The molecule has 2 aromatic rings. The number of ketones is 1. The van der Waals surface area contributed by atoms with Gasteiger partial charge in [0.15, 0.2) is 9.74 Å². The summed E-state index contributed by atoms with van der Waals surface area (Å²) in [7, 11) is 0. The SMILES string of the molecule is CC(C)(C)c1ccc(C2C(C#N)=C(N)N(c3n[nH]c(=S)s3)C3=C2C(=O)CCC3)s1. The quantitative estimate of drug-likeness (QED) is 0.643. The Bertz CT molecular complexity index is 1150. The van der Waals surface area contributed by atoms with Crippen molar-refractivity contribution in [3.63, 3.8) is 0 Å². The van der Waals surface area contributed by atoms with Gasteiger partial charge in [-0.05, 0) is 42.6 Å². The van der Waals surface area contributed by atoms with Gasteiger partial charge in [0.1, 0.15) is 5.82 Å². The summed E-state index contributed by atoms with van der Waals surface area (Å²) in [5.74, 6) is -0.0205. The van der Waals surface area contributed by atoms with Gasteiger partial charge in [-0.15, -0.1) is 16.4 Å². The average molecular weight is 444 g/mol. The first-order valence-corrected chi connectivity index (χ1v) is 11.4. The van der Waals surface area contributed by atoms with Crippen LogP contribution in [0.25, 0.3) is 0 Å². The predicted molar refractivity (Wildman–Crippen MR) is 118 cm³/mol. The van der Waals surface area contributed by atoms with E-state index >= 15 is 0 Å². The third kappa shape index (κ3) is 3.35. The summed E-state index contributed by atoms with van der Waals surface area (Å²) in [6, 6.07) is 6.40. The van der Waals surface area contributed by atoms with E-state index in [1.54, 1.807) is 16.2 Å². The summed E-state index contributed by atoms with van der Waals surface area (Å²) in [6.45, 7) is 6.47. The van der Waals surface area contributed by atoms with Gasteiger partial charge < -0.3 is 5.73 Å². The van der Waals surface area contributed by atoms with Crippen LogP contribution in [-0.2, 0) is 10.2 Å². The van der Waals surface area contributed by atoms with Crippen LogP contribution in [0, 0.1) is 15.3 Å². The summed E-state index contributed by atoms with van der Waals surface area (Å²) in [4.78, 5) is 17.0. The Labute approximate surface area is 182 Å². The van der Waals surface area contributed by atoms with Crippen LogP contribution in [-0.4, -0.2) is 16.0 Å². The number of nitrogens with two attached hydrogens (primary N) is 1. The van der Waals surface area contributed by atoms with E-state index in [1.165, 1.54) is 16.2 Å². The summed E-state index contributed by atoms with van der Waals surface area (Å²) < 4.78 is 0.519. The number of aromatic nitrogens is 2. The molecule has 1 aliphatic heterocycles. The molecule has 1 unspecified atom stereocenters. The van der Waals surface area contributed by atoms with Crippen molar-refractivity contribution in [2.75, 3.05) is 4.90 Å². The Kier molecular flexibility index (Phi) is 4.97. The van der Waals surface area contributed by atoms with Crippen molar-refractivity contribution in [1.82, 2.24) is 10.2 Å². The van der Waals surface area contributed by atoms with Crippen molar-refractivity contribution in [1.29, 1.82) is 5.26 Å². The van der Waals surface area contributed by atoms with E-state index < -0.39 is 5.92 Å². The molecule has 0 saturated carbocycles. The molecule has 0 saturated heterocycles. The van der Waals surface area contributed by atoms with Gasteiger partial charge in [-0.2, -0.15) is 5.26 Å². The molecular weight excluding hydrogens is 422 g/mol. The van der Waals surface area contributed by atoms with E-state index in [2.05, 4.69) is 43.1 Å². The molecule has 6 nitrogen and oxygen atoms in total. The highest BCUT2D eigenvalue weighted by atomic mass is 32.1. The van der Waals surface area contributed by atoms with Crippen LogP contribution >= 0.6 is 34.9 Å². The first-order valence-electron chi connectivity index (χ1n) is 9.34. The van der Waals surface area contributed by atoms with E-state index in [1.807, 2.05) is 6.07 Å². The Balaban J connectivity index is 1.94. The van der Waals surface area contributed by atoms with Gasteiger partial charge >= 0.3 is 0 Å². The maximum absolute atomic E-state index is 13.1. The second-order valence-electron chi connectivity index (χ2n) is 8.16. The van der Waals surface area contributed by atoms with Gasteiger partial charge in [0.05, 0.1) is 17.6 Å². The van der Waals surface area contributed by atoms with E-state index in [9.17, 15) is 10.1 Å². The first kappa shape index (κ1) is 20.0. The number of carbonyl (C=O) groups excluding carboxylic acids is 1. The van der Waals surface area contributed by atoms with Gasteiger partial charge in [0.2, 0.25) is 5.13 Å². The lowest BCUT2D eigenvalue weighted by molar-refractivity contribution is -0.116. The first-order chi connectivity index (χ1) is 13.7. The zero-order valence-corrected chi connectivity index (χ0v) is 18.9. The molecule has 0 spiro atoms. The smallest absolute Gasteiger partial charge is 0.216 e. The molecule has 2 aliphatic rings. The number of allylic oxidation sites excluding steroid dienone is 3. The number of rotatable bonds is 2. The van der Waals surface area contributed by atoms with Gasteiger partial charge in [0, 0.05) is 27.4 Å². The fraction of sp³-hybridized carbons (Fsp3) is 0.400. The van der Waals surface area contributed by atoms with Crippen molar-refractivity contribution in [2.24, 2.45) is 5.73 Å². The van der Waals surface area contributed by atoms with Crippen LogP contribution in [0.5, 0.6) is 0 Å². The minimum Gasteiger partial charge on any atom is -0.384 e. The summed E-state index contributed by atoms with van der Waals surface area (Å²) >= 11 is 8.10. The number of hydrogen-bond acceptors (Lipinski definition) is 8. The summed E-state index contributed by atoms with van der Waals surface area (Å²) in [5, 5.41) is 17.6. The van der Waals surface area contributed by atoms with Crippen molar-refractivity contribution >= 4 is 45.8 Å². The number of nitriles is 1. The molecular formula is C20H21N5OS3. The normalized spacial score (nSPS) is 20.1.